The van der Waals surface area contributed by atoms with Crippen LogP contribution in [0.1, 0.15) is 18.9 Å². The van der Waals surface area contributed by atoms with Gasteiger partial charge in [0.1, 0.15) is 0 Å². The van der Waals surface area contributed by atoms with Crippen molar-refractivity contribution in [3.8, 4) is 0 Å². The molecule has 3 N–H and O–H groups in total. The molecule has 0 bridgehead atoms. The molecule has 0 aromatic heterocycles. The summed E-state index contributed by atoms with van der Waals surface area (Å²) >= 11 is 0. The fourth-order valence-electron chi connectivity index (χ4n) is 1.39. The molecule has 0 unspecified atom stereocenters. The van der Waals surface area contributed by atoms with Crippen molar-refractivity contribution in [2.75, 3.05) is 6.61 Å². The van der Waals surface area contributed by atoms with Crippen LogP contribution in [0.15, 0.2) is 30.3 Å². The van der Waals surface area contributed by atoms with Crippen LogP contribution < -0.4 is 10.6 Å². The highest BCUT2D eigenvalue weighted by atomic mass is 16.3. The number of benzene rings is 1. The van der Waals surface area contributed by atoms with E-state index in [1.807, 2.05) is 37.3 Å². The maximum Gasteiger partial charge on any atom is 0.309 e. The van der Waals surface area contributed by atoms with Crippen molar-refractivity contribution >= 4 is 11.8 Å². The Bertz CT molecular complexity index is 388. The Morgan fingerprint density at radius 1 is 1.22 bits per heavy atom. The quantitative estimate of drug-likeness (QED) is 0.653. The SMILES string of the molecule is CC[C@@H](CO)NC(=O)C(=O)NCc1ccccc1. The van der Waals surface area contributed by atoms with Crippen LogP contribution in [-0.2, 0) is 16.1 Å². The standard InChI is InChI=1S/C13H18N2O3/c1-2-11(9-16)15-13(18)12(17)14-8-10-6-4-3-5-7-10/h3-7,11,16H,2,8-9H2,1H3,(H,14,17)(H,15,18)/t11-/m0/s1. The minimum absolute atomic E-state index is 0.172. The lowest BCUT2D eigenvalue weighted by Gasteiger charge is -2.13. The molecule has 1 atom stereocenters. The Balaban J connectivity index is 2.39. The highest BCUT2D eigenvalue weighted by Crippen LogP contribution is 1.97. The van der Waals surface area contributed by atoms with Crippen LogP contribution in [0.2, 0.25) is 0 Å². The first-order valence-electron chi connectivity index (χ1n) is 5.90. The molecule has 0 aliphatic heterocycles. The lowest BCUT2D eigenvalue weighted by molar-refractivity contribution is -0.139. The van der Waals surface area contributed by atoms with Gasteiger partial charge in [0, 0.05) is 6.54 Å². The molecule has 0 spiro atoms. The van der Waals surface area contributed by atoms with Gasteiger partial charge in [-0.1, -0.05) is 37.3 Å². The predicted molar refractivity (Wildman–Crippen MR) is 67.6 cm³/mol. The summed E-state index contributed by atoms with van der Waals surface area (Å²) in [6, 6.07) is 8.95. The summed E-state index contributed by atoms with van der Waals surface area (Å²) in [6.45, 7) is 1.96. The minimum atomic E-state index is -0.716. The molecule has 0 saturated heterocycles. The Kier molecular flexibility index (Phi) is 5.87. The summed E-state index contributed by atoms with van der Waals surface area (Å²) in [5.74, 6) is -1.41. The molecule has 1 aromatic carbocycles. The van der Waals surface area contributed by atoms with Crippen molar-refractivity contribution < 1.29 is 14.7 Å². The van der Waals surface area contributed by atoms with Crippen LogP contribution in [0, 0.1) is 0 Å². The third-order valence-electron chi connectivity index (χ3n) is 2.55. The molecular weight excluding hydrogens is 232 g/mol. The number of nitrogens with one attached hydrogen (secondary N) is 2. The van der Waals surface area contributed by atoms with E-state index in [-0.39, 0.29) is 12.6 Å². The maximum atomic E-state index is 11.5. The van der Waals surface area contributed by atoms with Gasteiger partial charge in [-0.2, -0.15) is 0 Å². The average Bonchev–Trinajstić information content (AvgIpc) is 2.42. The van der Waals surface area contributed by atoms with E-state index >= 15 is 0 Å². The van der Waals surface area contributed by atoms with Crippen LogP contribution in [-0.4, -0.2) is 29.6 Å². The summed E-state index contributed by atoms with van der Waals surface area (Å²) < 4.78 is 0. The highest BCUT2D eigenvalue weighted by Gasteiger charge is 2.16. The number of amides is 2. The molecule has 0 saturated carbocycles. The monoisotopic (exact) mass is 250 g/mol. The molecule has 5 nitrogen and oxygen atoms in total. The zero-order valence-corrected chi connectivity index (χ0v) is 10.3. The van der Waals surface area contributed by atoms with E-state index in [9.17, 15) is 9.59 Å². The zero-order valence-electron chi connectivity index (χ0n) is 10.3. The van der Waals surface area contributed by atoms with E-state index in [1.54, 1.807) is 0 Å². The van der Waals surface area contributed by atoms with Crippen LogP contribution in [0.25, 0.3) is 0 Å². The van der Waals surface area contributed by atoms with Crippen LogP contribution in [0.3, 0.4) is 0 Å². The van der Waals surface area contributed by atoms with Crippen molar-refractivity contribution in [1.29, 1.82) is 0 Å². The Morgan fingerprint density at radius 3 is 2.44 bits per heavy atom. The maximum absolute atomic E-state index is 11.5. The Labute approximate surface area is 106 Å². The molecule has 0 heterocycles. The number of aliphatic hydroxyl groups excluding tert-OH is 1. The number of hydrogen-bond acceptors (Lipinski definition) is 3. The second-order valence-electron chi connectivity index (χ2n) is 3.93. The lowest BCUT2D eigenvalue weighted by atomic mass is 10.2. The first-order valence-corrected chi connectivity index (χ1v) is 5.90. The molecular formula is C13H18N2O3. The van der Waals surface area contributed by atoms with Gasteiger partial charge < -0.3 is 15.7 Å². The van der Waals surface area contributed by atoms with Gasteiger partial charge in [-0.3, -0.25) is 9.59 Å². The van der Waals surface area contributed by atoms with Crippen LogP contribution in [0.4, 0.5) is 0 Å². The van der Waals surface area contributed by atoms with Gasteiger partial charge in [-0.15, -0.1) is 0 Å². The van der Waals surface area contributed by atoms with Gasteiger partial charge in [0.25, 0.3) is 0 Å². The van der Waals surface area contributed by atoms with Gasteiger partial charge >= 0.3 is 11.8 Å². The van der Waals surface area contributed by atoms with Crippen LogP contribution >= 0.6 is 0 Å². The molecule has 5 heteroatoms. The predicted octanol–water partition coefficient (Wildman–Crippen LogP) is 0.190. The van der Waals surface area contributed by atoms with Gasteiger partial charge in [0.15, 0.2) is 0 Å². The van der Waals surface area contributed by atoms with Crippen molar-refractivity contribution in [1.82, 2.24) is 10.6 Å². The smallest absolute Gasteiger partial charge is 0.309 e. The number of rotatable bonds is 5. The second-order valence-corrected chi connectivity index (χ2v) is 3.93. The topological polar surface area (TPSA) is 78.4 Å². The summed E-state index contributed by atoms with van der Waals surface area (Å²) in [5.41, 5.74) is 0.924. The first kappa shape index (κ1) is 14.2. The lowest BCUT2D eigenvalue weighted by Crippen LogP contribution is -2.45. The second kappa shape index (κ2) is 7.45. The average molecular weight is 250 g/mol. The molecule has 1 rings (SSSR count). The summed E-state index contributed by atoms with van der Waals surface area (Å²) in [7, 11) is 0. The number of aliphatic hydroxyl groups is 1. The van der Waals surface area contributed by atoms with E-state index in [1.165, 1.54) is 0 Å². The summed E-state index contributed by atoms with van der Waals surface area (Å²) in [6.07, 6.45) is 0.578. The first-order chi connectivity index (χ1) is 8.67. The molecule has 98 valence electrons. The number of carbonyl (C=O) groups is 2. The van der Waals surface area contributed by atoms with Crippen molar-refractivity contribution in [2.24, 2.45) is 0 Å². The molecule has 1 aromatic rings. The van der Waals surface area contributed by atoms with Crippen molar-refractivity contribution in [3.05, 3.63) is 35.9 Å². The third kappa shape index (κ3) is 4.55. The summed E-state index contributed by atoms with van der Waals surface area (Å²) in [5, 5.41) is 13.9. The van der Waals surface area contributed by atoms with E-state index < -0.39 is 11.8 Å². The van der Waals surface area contributed by atoms with Gasteiger partial charge in [-0.25, -0.2) is 0 Å². The van der Waals surface area contributed by atoms with E-state index in [0.717, 1.165) is 5.56 Å². The van der Waals surface area contributed by atoms with Crippen molar-refractivity contribution in [2.45, 2.75) is 25.9 Å². The normalized spacial score (nSPS) is 11.7. The Morgan fingerprint density at radius 2 is 1.89 bits per heavy atom. The summed E-state index contributed by atoms with van der Waals surface area (Å²) in [4.78, 5) is 22.9. The Hall–Kier alpha value is -1.88. The largest absolute Gasteiger partial charge is 0.394 e. The zero-order chi connectivity index (χ0) is 13.4. The molecule has 0 fully saturated rings. The van der Waals surface area contributed by atoms with E-state index in [2.05, 4.69) is 10.6 Å². The van der Waals surface area contributed by atoms with Gasteiger partial charge in [0.05, 0.1) is 12.6 Å². The number of hydrogen-bond donors (Lipinski definition) is 3. The van der Waals surface area contributed by atoms with Gasteiger partial charge in [-0.05, 0) is 12.0 Å². The van der Waals surface area contributed by atoms with E-state index in [0.29, 0.717) is 13.0 Å². The fraction of sp³-hybridized carbons (Fsp3) is 0.385. The molecule has 2 amide bonds. The number of carbonyl (C=O) groups excluding carboxylic acids is 2. The molecule has 18 heavy (non-hydrogen) atoms. The van der Waals surface area contributed by atoms with Gasteiger partial charge in [0.2, 0.25) is 0 Å². The fourth-order valence-corrected chi connectivity index (χ4v) is 1.39. The molecule has 0 aliphatic rings. The highest BCUT2D eigenvalue weighted by molar-refractivity contribution is 6.35. The third-order valence-corrected chi connectivity index (χ3v) is 2.55. The minimum Gasteiger partial charge on any atom is -0.394 e. The van der Waals surface area contributed by atoms with Crippen LogP contribution in [0.5, 0.6) is 0 Å². The van der Waals surface area contributed by atoms with E-state index in [4.69, 9.17) is 5.11 Å². The molecule has 0 radical (unpaired) electrons. The van der Waals surface area contributed by atoms with Crippen molar-refractivity contribution in [3.63, 3.8) is 0 Å². The molecule has 0 aliphatic carbocycles.